The van der Waals surface area contributed by atoms with Gasteiger partial charge >= 0.3 is 5.97 Å². The lowest BCUT2D eigenvalue weighted by Gasteiger charge is -2.13. The summed E-state index contributed by atoms with van der Waals surface area (Å²) in [5.41, 5.74) is 1.72. The molecule has 21 heavy (non-hydrogen) atoms. The minimum absolute atomic E-state index is 0.0428. The Kier molecular flexibility index (Phi) is 3.32. The summed E-state index contributed by atoms with van der Waals surface area (Å²) < 4.78 is 4.83. The number of phenolic OH excluding ortho intramolecular Hbond substituents is 1. The van der Waals surface area contributed by atoms with Gasteiger partial charge in [-0.25, -0.2) is 4.79 Å². The Morgan fingerprint density at radius 1 is 1.00 bits per heavy atom. The molecule has 0 aliphatic heterocycles. The second-order valence-electron chi connectivity index (χ2n) is 4.73. The molecule has 0 spiro atoms. The van der Waals surface area contributed by atoms with Crippen LogP contribution in [0.1, 0.15) is 10.4 Å². The van der Waals surface area contributed by atoms with E-state index in [4.69, 9.17) is 4.74 Å². The number of esters is 1. The van der Waals surface area contributed by atoms with Gasteiger partial charge in [0.05, 0.1) is 7.11 Å². The van der Waals surface area contributed by atoms with Gasteiger partial charge in [-0.15, -0.1) is 0 Å². The summed E-state index contributed by atoms with van der Waals surface area (Å²) in [6.07, 6.45) is 0. The number of phenols is 1. The van der Waals surface area contributed by atoms with Crippen molar-refractivity contribution in [1.29, 1.82) is 0 Å². The second kappa shape index (κ2) is 5.29. The van der Waals surface area contributed by atoms with Crippen LogP contribution in [0.4, 0.5) is 0 Å². The summed E-state index contributed by atoms with van der Waals surface area (Å²) in [4.78, 5) is 12.1. The van der Waals surface area contributed by atoms with Crippen molar-refractivity contribution in [3.8, 4) is 16.9 Å². The zero-order chi connectivity index (χ0) is 14.8. The third-order valence-electron chi connectivity index (χ3n) is 3.50. The summed E-state index contributed by atoms with van der Waals surface area (Å²) in [6, 6.07) is 18.8. The Morgan fingerprint density at radius 3 is 2.38 bits per heavy atom. The van der Waals surface area contributed by atoms with E-state index in [0.29, 0.717) is 10.9 Å². The number of fused-ring (bicyclic) bond motifs is 1. The maximum absolute atomic E-state index is 12.1. The Hall–Kier alpha value is -2.81. The Morgan fingerprint density at radius 2 is 1.67 bits per heavy atom. The fraction of sp³-hybridized carbons (Fsp3) is 0.0556. The number of hydrogen-bond donors (Lipinski definition) is 1. The number of carbonyl (C=O) groups excluding carboxylic acids is 1. The summed E-state index contributed by atoms with van der Waals surface area (Å²) >= 11 is 0. The van der Waals surface area contributed by atoms with Gasteiger partial charge in [-0.2, -0.15) is 0 Å². The molecule has 104 valence electrons. The van der Waals surface area contributed by atoms with Crippen LogP contribution in [0.3, 0.4) is 0 Å². The number of carbonyl (C=O) groups is 1. The molecule has 3 nitrogen and oxygen atoms in total. The lowest BCUT2D eigenvalue weighted by molar-refractivity contribution is 0.0598. The van der Waals surface area contributed by atoms with Gasteiger partial charge < -0.3 is 9.84 Å². The minimum atomic E-state index is -0.544. The fourth-order valence-corrected chi connectivity index (χ4v) is 2.48. The normalized spacial score (nSPS) is 10.5. The van der Waals surface area contributed by atoms with Crippen molar-refractivity contribution in [2.75, 3.05) is 7.11 Å². The van der Waals surface area contributed by atoms with Crippen LogP contribution in [0.2, 0.25) is 0 Å². The number of benzene rings is 3. The van der Waals surface area contributed by atoms with Gasteiger partial charge in [0.15, 0.2) is 0 Å². The lowest BCUT2D eigenvalue weighted by atomic mass is 9.94. The Labute approximate surface area is 122 Å². The van der Waals surface area contributed by atoms with Crippen molar-refractivity contribution >= 4 is 16.7 Å². The Bertz CT molecular complexity index is 807. The van der Waals surface area contributed by atoms with Gasteiger partial charge in [0.1, 0.15) is 11.3 Å². The molecule has 0 bridgehead atoms. The summed E-state index contributed by atoms with van der Waals surface area (Å²) in [6.45, 7) is 0. The first-order valence-corrected chi connectivity index (χ1v) is 6.61. The molecule has 0 saturated carbocycles. The topological polar surface area (TPSA) is 46.5 Å². The zero-order valence-corrected chi connectivity index (χ0v) is 11.5. The van der Waals surface area contributed by atoms with Crippen molar-refractivity contribution in [3.05, 3.63) is 66.2 Å². The van der Waals surface area contributed by atoms with Crippen molar-refractivity contribution in [2.45, 2.75) is 0 Å². The van der Waals surface area contributed by atoms with Crippen molar-refractivity contribution < 1.29 is 14.6 Å². The van der Waals surface area contributed by atoms with Crippen LogP contribution in [0.5, 0.6) is 5.75 Å². The standard InChI is InChI=1S/C18H14O3/c1-21-18(20)16-15(12-7-3-2-4-8-12)11-13-9-5-6-10-14(13)17(16)19/h2-11,19H,1H3. The number of methoxy groups -OCH3 is 1. The van der Waals surface area contributed by atoms with Gasteiger partial charge in [-0.05, 0) is 17.0 Å². The molecule has 0 fully saturated rings. The van der Waals surface area contributed by atoms with Crippen molar-refractivity contribution in [2.24, 2.45) is 0 Å². The monoisotopic (exact) mass is 278 g/mol. The summed E-state index contributed by atoms with van der Waals surface area (Å²) in [5, 5.41) is 12.0. The highest BCUT2D eigenvalue weighted by molar-refractivity contribution is 6.07. The van der Waals surface area contributed by atoms with E-state index in [9.17, 15) is 9.90 Å². The second-order valence-corrected chi connectivity index (χ2v) is 4.73. The molecule has 0 atom stereocenters. The quantitative estimate of drug-likeness (QED) is 0.721. The van der Waals surface area contributed by atoms with Gasteiger partial charge in [-0.3, -0.25) is 0 Å². The van der Waals surface area contributed by atoms with E-state index in [1.54, 1.807) is 6.07 Å². The minimum Gasteiger partial charge on any atom is -0.506 e. The van der Waals surface area contributed by atoms with E-state index in [2.05, 4.69) is 0 Å². The summed E-state index contributed by atoms with van der Waals surface area (Å²) in [5.74, 6) is -0.587. The average Bonchev–Trinajstić information content (AvgIpc) is 2.55. The summed E-state index contributed by atoms with van der Waals surface area (Å²) in [7, 11) is 1.31. The third kappa shape index (κ3) is 2.23. The maximum atomic E-state index is 12.1. The van der Waals surface area contributed by atoms with Gasteiger partial charge in [0.25, 0.3) is 0 Å². The molecule has 0 saturated heterocycles. The average molecular weight is 278 g/mol. The Balaban J connectivity index is 2.39. The van der Waals surface area contributed by atoms with Crippen molar-refractivity contribution in [3.63, 3.8) is 0 Å². The van der Waals surface area contributed by atoms with E-state index in [1.807, 2.05) is 54.6 Å². The molecule has 3 heteroatoms. The van der Waals surface area contributed by atoms with Gasteiger partial charge in [-0.1, -0.05) is 54.6 Å². The molecule has 0 amide bonds. The molecule has 0 heterocycles. The predicted molar refractivity (Wildman–Crippen MR) is 82.4 cm³/mol. The zero-order valence-electron chi connectivity index (χ0n) is 11.5. The number of aromatic hydroxyl groups is 1. The molecular weight excluding hydrogens is 264 g/mol. The maximum Gasteiger partial charge on any atom is 0.342 e. The smallest absolute Gasteiger partial charge is 0.342 e. The van der Waals surface area contributed by atoms with E-state index in [-0.39, 0.29) is 11.3 Å². The molecule has 3 aromatic carbocycles. The molecule has 3 aromatic rings. The number of ether oxygens (including phenoxy) is 1. The lowest BCUT2D eigenvalue weighted by Crippen LogP contribution is -2.04. The highest BCUT2D eigenvalue weighted by Gasteiger charge is 2.20. The molecule has 0 aliphatic rings. The van der Waals surface area contributed by atoms with Crippen molar-refractivity contribution in [1.82, 2.24) is 0 Å². The van der Waals surface area contributed by atoms with E-state index >= 15 is 0 Å². The largest absolute Gasteiger partial charge is 0.506 e. The van der Waals surface area contributed by atoms with E-state index < -0.39 is 5.97 Å². The van der Waals surface area contributed by atoms with Crippen LogP contribution in [0.15, 0.2) is 60.7 Å². The van der Waals surface area contributed by atoms with Crippen LogP contribution in [0, 0.1) is 0 Å². The van der Waals surface area contributed by atoms with Crippen LogP contribution < -0.4 is 0 Å². The first-order chi connectivity index (χ1) is 10.2. The fourth-order valence-electron chi connectivity index (χ4n) is 2.48. The molecule has 1 N–H and O–H groups in total. The van der Waals surface area contributed by atoms with E-state index in [1.165, 1.54) is 7.11 Å². The molecule has 3 rings (SSSR count). The molecule has 0 radical (unpaired) electrons. The van der Waals surface area contributed by atoms with Gasteiger partial charge in [0, 0.05) is 10.9 Å². The highest BCUT2D eigenvalue weighted by atomic mass is 16.5. The molecule has 0 unspecified atom stereocenters. The number of rotatable bonds is 2. The van der Waals surface area contributed by atoms with Crippen LogP contribution in [0.25, 0.3) is 21.9 Å². The first-order valence-electron chi connectivity index (χ1n) is 6.61. The first kappa shape index (κ1) is 13.2. The van der Waals surface area contributed by atoms with Crippen LogP contribution in [-0.4, -0.2) is 18.2 Å². The molecule has 0 aliphatic carbocycles. The third-order valence-corrected chi connectivity index (χ3v) is 3.50. The molecule has 0 aromatic heterocycles. The molecular formula is C18H14O3. The highest BCUT2D eigenvalue weighted by Crippen LogP contribution is 2.37. The SMILES string of the molecule is COC(=O)c1c(-c2ccccc2)cc2ccccc2c1O. The van der Waals surface area contributed by atoms with Crippen LogP contribution >= 0.6 is 0 Å². The van der Waals surface area contributed by atoms with Gasteiger partial charge in [0.2, 0.25) is 0 Å². The number of hydrogen-bond acceptors (Lipinski definition) is 3. The predicted octanol–water partition coefficient (Wildman–Crippen LogP) is 4.00. The van der Waals surface area contributed by atoms with Crippen LogP contribution in [-0.2, 0) is 4.74 Å². The van der Waals surface area contributed by atoms with E-state index in [0.717, 1.165) is 10.9 Å².